The summed E-state index contributed by atoms with van der Waals surface area (Å²) in [5, 5.41) is 6.87. The van der Waals surface area contributed by atoms with Crippen LogP contribution >= 0.6 is 0 Å². The van der Waals surface area contributed by atoms with E-state index in [2.05, 4.69) is 15.1 Å². The zero-order chi connectivity index (χ0) is 19.6. The lowest BCUT2D eigenvalue weighted by molar-refractivity contribution is 0.0240. The Morgan fingerprint density at radius 3 is 2.44 bits per heavy atom. The van der Waals surface area contributed by atoms with Crippen LogP contribution in [0.3, 0.4) is 0 Å². The topological polar surface area (TPSA) is 96.7 Å². The number of H-pyrrole nitrogens is 1. The molecule has 1 aromatic carbocycles. The number of amides is 1. The molecule has 0 radical (unpaired) electrons. The molecule has 2 heterocycles. The Kier molecular flexibility index (Phi) is 5.16. The average molecular weight is 373 g/mol. The van der Waals surface area contributed by atoms with E-state index in [1.165, 1.54) is 0 Å². The lowest BCUT2D eigenvalue weighted by atomic mass is 10.1. The summed E-state index contributed by atoms with van der Waals surface area (Å²) in [5.41, 5.74) is 7.98. The molecule has 0 aliphatic carbocycles. The van der Waals surface area contributed by atoms with Crippen molar-refractivity contribution in [3.05, 3.63) is 24.3 Å². The molecule has 1 aliphatic heterocycles. The molecule has 3 N–H and O–H groups in total. The van der Waals surface area contributed by atoms with Crippen LogP contribution in [0.5, 0.6) is 5.75 Å². The second-order valence-corrected chi connectivity index (χ2v) is 7.55. The molecule has 0 atom stereocenters. The largest absolute Gasteiger partial charge is 0.496 e. The van der Waals surface area contributed by atoms with E-state index in [4.69, 9.17) is 15.2 Å². The van der Waals surface area contributed by atoms with E-state index in [1.54, 1.807) is 18.1 Å². The maximum absolute atomic E-state index is 12.2. The number of piperazine rings is 1. The minimum Gasteiger partial charge on any atom is -0.496 e. The van der Waals surface area contributed by atoms with Crippen molar-refractivity contribution >= 4 is 17.6 Å². The number of rotatable bonds is 3. The molecule has 8 nitrogen and oxygen atoms in total. The van der Waals surface area contributed by atoms with Gasteiger partial charge in [-0.2, -0.15) is 5.10 Å². The van der Waals surface area contributed by atoms with Gasteiger partial charge in [0.2, 0.25) is 0 Å². The molecule has 1 amide bonds. The van der Waals surface area contributed by atoms with Gasteiger partial charge in [0.15, 0.2) is 0 Å². The van der Waals surface area contributed by atoms with E-state index in [0.29, 0.717) is 18.9 Å². The van der Waals surface area contributed by atoms with Crippen LogP contribution in [0.15, 0.2) is 24.3 Å². The number of carbonyl (C=O) groups excluding carboxylic acids is 1. The number of hydrogen-bond acceptors (Lipinski definition) is 6. The molecule has 0 saturated carbocycles. The Morgan fingerprint density at radius 1 is 1.19 bits per heavy atom. The Balaban J connectivity index is 1.69. The van der Waals surface area contributed by atoms with Gasteiger partial charge >= 0.3 is 6.09 Å². The summed E-state index contributed by atoms with van der Waals surface area (Å²) in [5.74, 6) is 1.18. The van der Waals surface area contributed by atoms with E-state index in [0.717, 1.165) is 35.8 Å². The maximum Gasteiger partial charge on any atom is 0.410 e. The Bertz CT molecular complexity index is 804. The van der Waals surface area contributed by atoms with Gasteiger partial charge in [-0.05, 0) is 32.9 Å². The molecule has 8 heteroatoms. The monoisotopic (exact) mass is 373 g/mol. The summed E-state index contributed by atoms with van der Waals surface area (Å²) in [6, 6.07) is 7.80. The van der Waals surface area contributed by atoms with Gasteiger partial charge in [-0.3, -0.25) is 5.10 Å². The molecule has 3 rings (SSSR count). The third-order valence-electron chi connectivity index (χ3n) is 4.37. The zero-order valence-corrected chi connectivity index (χ0v) is 16.3. The Morgan fingerprint density at radius 2 is 1.89 bits per heavy atom. The van der Waals surface area contributed by atoms with Gasteiger partial charge in [0.05, 0.1) is 12.8 Å². The molecule has 1 aromatic heterocycles. The van der Waals surface area contributed by atoms with Crippen molar-refractivity contribution in [1.29, 1.82) is 0 Å². The number of nitrogen functional groups attached to an aromatic ring is 1. The minimum absolute atomic E-state index is 0.257. The summed E-state index contributed by atoms with van der Waals surface area (Å²) in [6.07, 6.45) is -0.257. The lowest BCUT2D eigenvalue weighted by Gasteiger charge is -2.37. The summed E-state index contributed by atoms with van der Waals surface area (Å²) in [4.78, 5) is 16.2. The van der Waals surface area contributed by atoms with Crippen LogP contribution in [-0.4, -0.2) is 60.1 Å². The number of hydrogen-bond donors (Lipinski definition) is 2. The van der Waals surface area contributed by atoms with Crippen molar-refractivity contribution in [2.75, 3.05) is 43.9 Å². The fraction of sp³-hybridized carbons (Fsp3) is 0.474. The van der Waals surface area contributed by atoms with Gasteiger partial charge < -0.3 is 25.0 Å². The van der Waals surface area contributed by atoms with Gasteiger partial charge in [0.1, 0.15) is 17.2 Å². The fourth-order valence-corrected chi connectivity index (χ4v) is 3.05. The number of nitrogens with zero attached hydrogens (tertiary/aromatic N) is 3. The van der Waals surface area contributed by atoms with Crippen LogP contribution in [0.1, 0.15) is 20.8 Å². The Labute approximate surface area is 159 Å². The van der Waals surface area contributed by atoms with E-state index >= 15 is 0 Å². The van der Waals surface area contributed by atoms with E-state index < -0.39 is 5.60 Å². The molecule has 1 fully saturated rings. The smallest absolute Gasteiger partial charge is 0.410 e. The average Bonchev–Trinajstić information content (AvgIpc) is 3.06. The summed E-state index contributed by atoms with van der Waals surface area (Å²) < 4.78 is 11.0. The molecule has 0 spiro atoms. The molecule has 1 aliphatic rings. The number of methoxy groups -OCH3 is 1. The van der Waals surface area contributed by atoms with Crippen molar-refractivity contribution in [1.82, 2.24) is 15.1 Å². The van der Waals surface area contributed by atoms with E-state index in [1.807, 2.05) is 39.0 Å². The first-order chi connectivity index (χ1) is 12.8. The van der Waals surface area contributed by atoms with Crippen LogP contribution in [-0.2, 0) is 4.74 Å². The van der Waals surface area contributed by atoms with Crippen molar-refractivity contribution in [2.45, 2.75) is 26.4 Å². The minimum atomic E-state index is -0.479. The number of aromatic amines is 1. The first kappa shape index (κ1) is 18.9. The summed E-state index contributed by atoms with van der Waals surface area (Å²) in [7, 11) is 1.64. The molecule has 146 valence electrons. The molecule has 27 heavy (non-hydrogen) atoms. The highest BCUT2D eigenvalue weighted by Gasteiger charge is 2.26. The second-order valence-electron chi connectivity index (χ2n) is 7.55. The Hall–Kier alpha value is -2.90. The van der Waals surface area contributed by atoms with Crippen molar-refractivity contribution < 1.29 is 14.3 Å². The molecule has 1 saturated heterocycles. The summed E-state index contributed by atoms with van der Waals surface area (Å²) >= 11 is 0. The third-order valence-corrected chi connectivity index (χ3v) is 4.37. The highest BCUT2D eigenvalue weighted by molar-refractivity contribution is 5.73. The number of benzene rings is 1. The first-order valence-electron chi connectivity index (χ1n) is 8.99. The van der Waals surface area contributed by atoms with Crippen LogP contribution < -0.4 is 15.4 Å². The molecule has 2 aromatic rings. The van der Waals surface area contributed by atoms with Crippen LogP contribution in [0.2, 0.25) is 0 Å². The second kappa shape index (κ2) is 7.38. The zero-order valence-electron chi connectivity index (χ0n) is 16.3. The normalized spacial score (nSPS) is 15.0. The summed E-state index contributed by atoms with van der Waals surface area (Å²) in [6.45, 7) is 8.34. The number of aromatic nitrogens is 2. The first-order valence-corrected chi connectivity index (χ1v) is 8.99. The number of carbonyl (C=O) groups is 1. The van der Waals surface area contributed by atoms with Crippen LogP contribution in [0.4, 0.5) is 16.3 Å². The van der Waals surface area contributed by atoms with Gasteiger partial charge in [-0.25, -0.2) is 4.79 Å². The SMILES string of the molecule is COc1cc(N2CCN(C(=O)OC(C)(C)C)CC2)ccc1-c1cc(N)n[nH]1. The maximum atomic E-state index is 12.2. The fourth-order valence-electron chi connectivity index (χ4n) is 3.05. The van der Waals surface area contributed by atoms with E-state index in [9.17, 15) is 4.79 Å². The number of nitrogens with two attached hydrogens (primary N) is 1. The molecule has 0 bridgehead atoms. The van der Waals surface area contributed by atoms with Crippen molar-refractivity contribution in [2.24, 2.45) is 0 Å². The van der Waals surface area contributed by atoms with Gasteiger partial charge in [-0.1, -0.05) is 0 Å². The van der Waals surface area contributed by atoms with Crippen molar-refractivity contribution in [3.63, 3.8) is 0 Å². The molecular weight excluding hydrogens is 346 g/mol. The van der Waals surface area contributed by atoms with Crippen LogP contribution in [0.25, 0.3) is 11.3 Å². The van der Waals surface area contributed by atoms with Gasteiger partial charge in [-0.15, -0.1) is 0 Å². The number of ether oxygens (including phenoxy) is 2. The third kappa shape index (κ3) is 4.45. The predicted octanol–water partition coefficient (Wildman–Crippen LogP) is 2.72. The van der Waals surface area contributed by atoms with Gasteiger partial charge in [0.25, 0.3) is 0 Å². The van der Waals surface area contributed by atoms with Crippen molar-refractivity contribution in [3.8, 4) is 17.0 Å². The van der Waals surface area contributed by atoms with E-state index in [-0.39, 0.29) is 6.09 Å². The predicted molar refractivity (Wildman–Crippen MR) is 105 cm³/mol. The number of nitrogens with one attached hydrogen (secondary N) is 1. The number of anilines is 2. The van der Waals surface area contributed by atoms with Gasteiger partial charge in [0, 0.05) is 49.6 Å². The highest BCUT2D eigenvalue weighted by Crippen LogP contribution is 2.33. The lowest BCUT2D eigenvalue weighted by Crippen LogP contribution is -2.50. The quantitative estimate of drug-likeness (QED) is 0.859. The highest BCUT2D eigenvalue weighted by atomic mass is 16.6. The van der Waals surface area contributed by atoms with Crippen LogP contribution in [0, 0.1) is 0 Å². The standard InChI is InChI=1S/C19H27N5O3/c1-19(2,3)27-18(25)24-9-7-23(8-10-24)13-5-6-14(16(11-13)26-4)15-12-17(20)22-21-15/h5-6,11-12H,7-10H2,1-4H3,(H3,20,21,22). The molecule has 0 unspecified atom stereocenters. The molecular formula is C19H27N5O3.